The molecule has 0 fully saturated rings. The van der Waals surface area contributed by atoms with Crippen LogP contribution in [0.15, 0.2) is 36.4 Å². The van der Waals surface area contributed by atoms with Crippen molar-refractivity contribution < 1.29 is 13.9 Å². The third-order valence-corrected chi connectivity index (χ3v) is 3.83. The first-order valence-corrected chi connectivity index (χ1v) is 7.04. The van der Waals surface area contributed by atoms with Gasteiger partial charge in [-0.3, -0.25) is 0 Å². The highest BCUT2D eigenvalue weighted by molar-refractivity contribution is 5.48. The molecule has 0 saturated carbocycles. The zero-order chi connectivity index (χ0) is 14.8. The maximum atomic E-state index is 13.9. The van der Waals surface area contributed by atoms with Gasteiger partial charge in [-0.25, -0.2) is 4.39 Å². The molecule has 110 valence electrons. The minimum absolute atomic E-state index is 0.220. The Bertz CT molecular complexity index is 657. The molecule has 3 nitrogen and oxygen atoms in total. The molecule has 0 spiro atoms. The largest absolute Gasteiger partial charge is 0.494 e. The fourth-order valence-electron chi connectivity index (χ4n) is 2.71. The molecule has 1 aliphatic rings. The third kappa shape index (κ3) is 2.59. The Labute approximate surface area is 123 Å². The molecule has 1 heterocycles. The van der Waals surface area contributed by atoms with Crippen LogP contribution in [0.2, 0.25) is 0 Å². The maximum absolute atomic E-state index is 13.9. The molecule has 0 radical (unpaired) electrons. The molecule has 4 heteroatoms. The van der Waals surface area contributed by atoms with Gasteiger partial charge >= 0.3 is 0 Å². The molecule has 0 saturated heterocycles. The summed E-state index contributed by atoms with van der Waals surface area (Å²) in [7, 11) is 1.44. The highest BCUT2D eigenvalue weighted by atomic mass is 19.1. The van der Waals surface area contributed by atoms with E-state index >= 15 is 0 Å². The van der Waals surface area contributed by atoms with Crippen LogP contribution < -0.4 is 15.2 Å². The Hall–Kier alpha value is -2.07. The molecule has 0 aromatic heterocycles. The zero-order valence-electron chi connectivity index (χ0n) is 11.9. The number of nitrogens with two attached hydrogens (primary N) is 1. The lowest BCUT2D eigenvalue weighted by Gasteiger charge is -2.23. The summed E-state index contributed by atoms with van der Waals surface area (Å²) in [6.45, 7) is 0.702. The van der Waals surface area contributed by atoms with Gasteiger partial charge in [-0.2, -0.15) is 0 Å². The number of methoxy groups -OCH3 is 1. The second kappa shape index (κ2) is 5.74. The number of hydrogen-bond acceptors (Lipinski definition) is 3. The fourth-order valence-corrected chi connectivity index (χ4v) is 2.71. The van der Waals surface area contributed by atoms with Gasteiger partial charge in [-0.15, -0.1) is 0 Å². The number of ether oxygens (including phenoxy) is 2. The van der Waals surface area contributed by atoms with Crippen molar-refractivity contribution >= 4 is 0 Å². The first-order valence-electron chi connectivity index (χ1n) is 7.04. The van der Waals surface area contributed by atoms with E-state index in [1.807, 2.05) is 12.1 Å². The number of rotatable bonds is 3. The fraction of sp³-hybridized carbons (Fsp3) is 0.294. The summed E-state index contributed by atoms with van der Waals surface area (Å²) in [4.78, 5) is 0. The van der Waals surface area contributed by atoms with Crippen LogP contribution in [0.25, 0.3) is 0 Å². The predicted octanol–water partition coefficient (Wildman–Crippen LogP) is 3.21. The van der Waals surface area contributed by atoms with Crippen molar-refractivity contribution in [1.29, 1.82) is 0 Å². The SMILES string of the molecule is COc1ccc(C(N)c2cccc3c2OCCC3)cc1F. The van der Waals surface area contributed by atoms with E-state index in [1.54, 1.807) is 12.1 Å². The lowest BCUT2D eigenvalue weighted by Crippen LogP contribution is -2.17. The lowest BCUT2D eigenvalue weighted by molar-refractivity contribution is 0.284. The van der Waals surface area contributed by atoms with E-state index in [4.69, 9.17) is 15.2 Å². The molecule has 1 unspecified atom stereocenters. The second-order valence-electron chi connectivity index (χ2n) is 5.16. The van der Waals surface area contributed by atoms with Crippen molar-refractivity contribution in [2.45, 2.75) is 18.9 Å². The molecule has 0 amide bonds. The van der Waals surface area contributed by atoms with Gasteiger partial charge in [0.2, 0.25) is 0 Å². The molecule has 2 aromatic rings. The van der Waals surface area contributed by atoms with Crippen LogP contribution in [0.5, 0.6) is 11.5 Å². The highest BCUT2D eigenvalue weighted by Gasteiger charge is 2.20. The van der Waals surface area contributed by atoms with Gasteiger partial charge in [-0.1, -0.05) is 24.3 Å². The van der Waals surface area contributed by atoms with Crippen LogP contribution in [0.4, 0.5) is 4.39 Å². The number of fused-ring (bicyclic) bond motifs is 1. The van der Waals surface area contributed by atoms with Crippen LogP contribution in [0, 0.1) is 5.82 Å². The lowest BCUT2D eigenvalue weighted by atomic mass is 9.94. The first-order chi connectivity index (χ1) is 10.2. The van der Waals surface area contributed by atoms with E-state index in [0.717, 1.165) is 24.2 Å². The van der Waals surface area contributed by atoms with E-state index in [1.165, 1.54) is 18.7 Å². The van der Waals surface area contributed by atoms with Gasteiger partial charge in [0, 0.05) is 5.56 Å². The summed E-state index contributed by atoms with van der Waals surface area (Å²) in [5.41, 5.74) is 9.09. The molecule has 1 atom stereocenters. The van der Waals surface area contributed by atoms with Crippen LogP contribution in [-0.4, -0.2) is 13.7 Å². The van der Waals surface area contributed by atoms with Crippen molar-refractivity contribution in [1.82, 2.24) is 0 Å². The molecular weight excluding hydrogens is 269 g/mol. The summed E-state index contributed by atoms with van der Waals surface area (Å²) in [5.74, 6) is 0.668. The number of aryl methyl sites for hydroxylation is 1. The van der Waals surface area contributed by atoms with Crippen molar-refractivity contribution in [3.05, 3.63) is 58.9 Å². The number of para-hydroxylation sites is 1. The van der Waals surface area contributed by atoms with Crippen LogP contribution in [0.3, 0.4) is 0 Å². The predicted molar refractivity (Wildman–Crippen MR) is 79.2 cm³/mol. The van der Waals surface area contributed by atoms with Gasteiger partial charge in [0.1, 0.15) is 5.75 Å². The second-order valence-corrected chi connectivity index (χ2v) is 5.16. The van der Waals surface area contributed by atoms with Crippen LogP contribution in [-0.2, 0) is 6.42 Å². The van der Waals surface area contributed by atoms with E-state index < -0.39 is 11.9 Å². The summed E-state index contributed by atoms with van der Waals surface area (Å²) in [5, 5.41) is 0. The normalized spacial score (nSPS) is 15.0. The number of halogens is 1. The Kier molecular flexibility index (Phi) is 3.80. The van der Waals surface area contributed by atoms with E-state index in [9.17, 15) is 4.39 Å². The molecule has 2 aromatic carbocycles. The maximum Gasteiger partial charge on any atom is 0.165 e. The average molecular weight is 287 g/mol. The molecule has 3 rings (SSSR count). The Morgan fingerprint density at radius 2 is 2.14 bits per heavy atom. The molecule has 0 aliphatic carbocycles. The highest BCUT2D eigenvalue weighted by Crippen LogP contribution is 2.35. The smallest absolute Gasteiger partial charge is 0.165 e. The Balaban J connectivity index is 1.99. The quantitative estimate of drug-likeness (QED) is 0.942. The van der Waals surface area contributed by atoms with Gasteiger partial charge < -0.3 is 15.2 Å². The minimum Gasteiger partial charge on any atom is -0.494 e. The molecule has 2 N–H and O–H groups in total. The molecular formula is C17H18FNO2. The third-order valence-electron chi connectivity index (χ3n) is 3.83. The number of benzene rings is 2. The molecule has 1 aliphatic heterocycles. The summed E-state index contributed by atoms with van der Waals surface area (Å²) < 4.78 is 24.6. The van der Waals surface area contributed by atoms with Gasteiger partial charge in [-0.05, 0) is 36.1 Å². The van der Waals surface area contributed by atoms with E-state index in [-0.39, 0.29) is 5.75 Å². The minimum atomic E-state index is -0.418. The summed E-state index contributed by atoms with van der Waals surface area (Å²) in [6, 6.07) is 10.4. The van der Waals surface area contributed by atoms with Crippen molar-refractivity contribution in [3.63, 3.8) is 0 Å². The topological polar surface area (TPSA) is 44.5 Å². The van der Waals surface area contributed by atoms with Gasteiger partial charge in [0.25, 0.3) is 0 Å². The Morgan fingerprint density at radius 1 is 1.29 bits per heavy atom. The van der Waals surface area contributed by atoms with Crippen LogP contribution in [0.1, 0.15) is 29.2 Å². The zero-order valence-corrected chi connectivity index (χ0v) is 11.9. The molecule has 0 bridgehead atoms. The van der Waals surface area contributed by atoms with Crippen molar-refractivity contribution in [3.8, 4) is 11.5 Å². The standard InChI is InChI=1S/C17H18FNO2/c1-20-15-8-7-12(10-14(15)18)16(19)13-6-2-4-11-5-3-9-21-17(11)13/h2,4,6-8,10,16H,3,5,9,19H2,1H3. The monoisotopic (exact) mass is 287 g/mol. The van der Waals surface area contributed by atoms with Gasteiger partial charge in [0.05, 0.1) is 19.8 Å². The summed E-state index contributed by atoms with van der Waals surface area (Å²) >= 11 is 0. The van der Waals surface area contributed by atoms with Gasteiger partial charge in [0.15, 0.2) is 11.6 Å². The average Bonchev–Trinajstić information content (AvgIpc) is 2.53. The Morgan fingerprint density at radius 3 is 2.90 bits per heavy atom. The first kappa shape index (κ1) is 13.9. The van der Waals surface area contributed by atoms with Crippen LogP contribution >= 0.6 is 0 Å². The van der Waals surface area contributed by atoms with Crippen molar-refractivity contribution in [2.24, 2.45) is 5.73 Å². The van der Waals surface area contributed by atoms with E-state index in [0.29, 0.717) is 12.2 Å². The number of hydrogen-bond donors (Lipinski definition) is 1. The van der Waals surface area contributed by atoms with E-state index in [2.05, 4.69) is 6.07 Å². The molecule has 21 heavy (non-hydrogen) atoms. The summed E-state index contributed by atoms with van der Waals surface area (Å²) in [6.07, 6.45) is 2.01. The van der Waals surface area contributed by atoms with Crippen molar-refractivity contribution in [2.75, 3.05) is 13.7 Å².